The van der Waals surface area contributed by atoms with Crippen molar-refractivity contribution in [2.24, 2.45) is 0 Å². The molecule has 0 aromatic rings. The zero-order valence-electron chi connectivity index (χ0n) is 10.8. The van der Waals surface area contributed by atoms with Gasteiger partial charge in [-0.05, 0) is 6.92 Å². The third-order valence-electron chi connectivity index (χ3n) is 2.07. The molecule has 0 aliphatic heterocycles. The second kappa shape index (κ2) is 9.11. The summed E-state index contributed by atoms with van der Waals surface area (Å²) in [5.41, 5.74) is 0. The molecule has 0 radical (unpaired) electrons. The number of urea groups is 1. The molecule has 0 aromatic carbocycles. The van der Waals surface area contributed by atoms with Crippen molar-refractivity contribution in [2.75, 3.05) is 26.8 Å². The van der Waals surface area contributed by atoms with Gasteiger partial charge in [0.2, 0.25) is 5.91 Å². The van der Waals surface area contributed by atoms with Gasteiger partial charge in [-0.2, -0.15) is 0 Å². The van der Waals surface area contributed by atoms with E-state index in [1.807, 2.05) is 5.32 Å². The molecule has 0 aliphatic carbocycles. The van der Waals surface area contributed by atoms with Gasteiger partial charge in [-0.25, -0.2) is 9.59 Å². The van der Waals surface area contributed by atoms with Gasteiger partial charge in [-0.15, -0.1) is 0 Å². The normalized spacial score (nSPS) is 13.2. The Kier molecular flexibility index (Phi) is 8.22. The van der Waals surface area contributed by atoms with E-state index in [9.17, 15) is 14.4 Å². The molecule has 0 fully saturated rings. The lowest BCUT2D eigenvalue weighted by Crippen LogP contribution is -2.52. The Bertz CT molecular complexity index is 320. The van der Waals surface area contributed by atoms with Crippen LogP contribution in [0.3, 0.4) is 0 Å². The number of carbonyl (C=O) groups is 3. The Balaban J connectivity index is 3.97. The van der Waals surface area contributed by atoms with Crippen LogP contribution in [0, 0.1) is 0 Å². The SMILES string of the molecule is COCCNC(=O)CNC(=O)N[C@H](C(=O)O)[C@@H](C)O. The fourth-order valence-electron chi connectivity index (χ4n) is 1.10. The Morgan fingerprint density at radius 3 is 2.37 bits per heavy atom. The van der Waals surface area contributed by atoms with Crippen molar-refractivity contribution in [2.45, 2.75) is 19.1 Å². The van der Waals surface area contributed by atoms with Crippen LogP contribution < -0.4 is 16.0 Å². The minimum Gasteiger partial charge on any atom is -0.480 e. The van der Waals surface area contributed by atoms with Crippen LogP contribution in [0.2, 0.25) is 0 Å². The summed E-state index contributed by atoms with van der Waals surface area (Å²) in [6.07, 6.45) is -1.25. The van der Waals surface area contributed by atoms with E-state index in [2.05, 4.69) is 10.6 Å². The molecule has 0 saturated heterocycles. The lowest BCUT2D eigenvalue weighted by atomic mass is 10.2. The number of hydrogen-bond acceptors (Lipinski definition) is 5. The van der Waals surface area contributed by atoms with Crippen LogP contribution in [-0.2, 0) is 14.3 Å². The van der Waals surface area contributed by atoms with Gasteiger partial charge in [-0.3, -0.25) is 4.79 Å². The second-order valence-corrected chi connectivity index (χ2v) is 3.73. The highest BCUT2D eigenvalue weighted by molar-refractivity contribution is 5.86. The minimum atomic E-state index is -1.43. The number of aliphatic carboxylic acids is 1. The number of carbonyl (C=O) groups excluding carboxylic acids is 2. The van der Waals surface area contributed by atoms with E-state index in [4.69, 9.17) is 14.9 Å². The van der Waals surface area contributed by atoms with E-state index < -0.39 is 30.1 Å². The highest BCUT2D eigenvalue weighted by Gasteiger charge is 2.24. The number of nitrogens with one attached hydrogen (secondary N) is 3. The van der Waals surface area contributed by atoms with Gasteiger partial charge >= 0.3 is 12.0 Å². The molecular weight excluding hydrogens is 258 g/mol. The van der Waals surface area contributed by atoms with Crippen molar-refractivity contribution in [1.29, 1.82) is 0 Å². The van der Waals surface area contributed by atoms with Crippen molar-refractivity contribution in [3.63, 3.8) is 0 Å². The molecule has 5 N–H and O–H groups in total. The molecule has 9 heteroatoms. The van der Waals surface area contributed by atoms with Crippen molar-refractivity contribution < 1.29 is 29.3 Å². The number of aliphatic hydroxyl groups is 1. The molecule has 3 amide bonds. The molecular formula is C10H19N3O6. The van der Waals surface area contributed by atoms with Gasteiger partial charge in [0.15, 0.2) is 6.04 Å². The largest absolute Gasteiger partial charge is 0.480 e. The highest BCUT2D eigenvalue weighted by Crippen LogP contribution is 1.92. The van der Waals surface area contributed by atoms with Gasteiger partial charge in [0.05, 0.1) is 19.3 Å². The maximum Gasteiger partial charge on any atom is 0.328 e. The first-order valence-electron chi connectivity index (χ1n) is 5.59. The summed E-state index contributed by atoms with van der Waals surface area (Å²) in [5.74, 6) is -1.80. The van der Waals surface area contributed by atoms with Crippen molar-refractivity contribution in [1.82, 2.24) is 16.0 Å². The molecule has 0 rings (SSSR count). The Morgan fingerprint density at radius 2 is 1.89 bits per heavy atom. The average Bonchev–Trinajstić information content (AvgIpc) is 2.33. The number of ether oxygens (including phenoxy) is 1. The van der Waals surface area contributed by atoms with Crippen LogP contribution in [0.5, 0.6) is 0 Å². The molecule has 9 nitrogen and oxygen atoms in total. The number of rotatable bonds is 8. The number of amides is 3. The molecule has 0 spiro atoms. The summed E-state index contributed by atoms with van der Waals surface area (Å²) >= 11 is 0. The Morgan fingerprint density at radius 1 is 1.26 bits per heavy atom. The van der Waals surface area contributed by atoms with Gasteiger partial charge in [-0.1, -0.05) is 0 Å². The van der Waals surface area contributed by atoms with E-state index >= 15 is 0 Å². The number of carboxylic acids is 1. The first kappa shape index (κ1) is 17.1. The predicted molar refractivity (Wildman–Crippen MR) is 64.5 cm³/mol. The molecule has 0 aromatic heterocycles. The number of hydrogen-bond donors (Lipinski definition) is 5. The summed E-state index contributed by atoms with van der Waals surface area (Å²) in [6.45, 7) is 1.59. The Hall–Kier alpha value is -1.87. The van der Waals surface area contributed by atoms with Crippen LogP contribution in [0.25, 0.3) is 0 Å². The number of carboxylic acid groups (broad SMARTS) is 1. The Labute approximate surface area is 110 Å². The van der Waals surface area contributed by atoms with Crippen LogP contribution in [0.1, 0.15) is 6.92 Å². The van der Waals surface area contributed by atoms with Crippen LogP contribution in [0.4, 0.5) is 4.79 Å². The summed E-state index contributed by atoms with van der Waals surface area (Å²) in [4.78, 5) is 33.2. The summed E-state index contributed by atoms with van der Waals surface area (Å²) in [7, 11) is 1.49. The average molecular weight is 277 g/mol. The maximum absolute atomic E-state index is 11.3. The predicted octanol–water partition coefficient (Wildman–Crippen LogP) is -2.12. The second-order valence-electron chi connectivity index (χ2n) is 3.73. The summed E-state index contributed by atoms with van der Waals surface area (Å²) < 4.78 is 4.72. The quantitative estimate of drug-likeness (QED) is 0.322. The molecule has 0 aliphatic rings. The smallest absolute Gasteiger partial charge is 0.328 e. The first-order valence-corrected chi connectivity index (χ1v) is 5.59. The maximum atomic E-state index is 11.3. The van der Waals surface area contributed by atoms with Gasteiger partial charge < -0.3 is 30.9 Å². The van der Waals surface area contributed by atoms with E-state index in [-0.39, 0.29) is 6.54 Å². The monoisotopic (exact) mass is 277 g/mol. The van der Waals surface area contributed by atoms with Crippen LogP contribution in [0.15, 0.2) is 0 Å². The van der Waals surface area contributed by atoms with E-state index in [0.717, 1.165) is 0 Å². The molecule has 19 heavy (non-hydrogen) atoms. The van der Waals surface area contributed by atoms with Gasteiger partial charge in [0, 0.05) is 13.7 Å². The molecule has 0 bridgehead atoms. The highest BCUT2D eigenvalue weighted by atomic mass is 16.5. The molecule has 0 saturated carbocycles. The van der Waals surface area contributed by atoms with Crippen molar-refractivity contribution in [3.8, 4) is 0 Å². The van der Waals surface area contributed by atoms with Crippen LogP contribution >= 0.6 is 0 Å². The third-order valence-corrected chi connectivity index (χ3v) is 2.07. The van der Waals surface area contributed by atoms with Crippen molar-refractivity contribution in [3.05, 3.63) is 0 Å². The van der Waals surface area contributed by atoms with E-state index in [0.29, 0.717) is 13.2 Å². The number of aliphatic hydroxyl groups excluding tert-OH is 1. The molecule has 0 unspecified atom stereocenters. The zero-order chi connectivity index (χ0) is 14.8. The van der Waals surface area contributed by atoms with Gasteiger partial charge in [0.25, 0.3) is 0 Å². The molecule has 110 valence electrons. The third kappa shape index (κ3) is 7.95. The topological polar surface area (TPSA) is 137 Å². The first-order chi connectivity index (χ1) is 8.88. The summed E-state index contributed by atoms with van der Waals surface area (Å²) in [5, 5.41) is 24.5. The van der Waals surface area contributed by atoms with Gasteiger partial charge in [0.1, 0.15) is 0 Å². The lowest BCUT2D eigenvalue weighted by Gasteiger charge is -2.17. The minimum absolute atomic E-state index is 0.304. The van der Waals surface area contributed by atoms with E-state index in [1.165, 1.54) is 14.0 Å². The van der Waals surface area contributed by atoms with E-state index in [1.54, 1.807) is 0 Å². The fraction of sp³-hybridized carbons (Fsp3) is 0.700. The van der Waals surface area contributed by atoms with Crippen molar-refractivity contribution >= 4 is 17.9 Å². The zero-order valence-corrected chi connectivity index (χ0v) is 10.8. The molecule has 0 heterocycles. The lowest BCUT2D eigenvalue weighted by molar-refractivity contribution is -0.141. The van der Waals surface area contributed by atoms with Crippen LogP contribution in [-0.4, -0.2) is 67.1 Å². The summed E-state index contributed by atoms with van der Waals surface area (Å²) in [6, 6.07) is -2.29. The molecule has 2 atom stereocenters. The standard InChI is InChI=1S/C10H19N3O6/c1-6(14)8(9(16)17)13-10(18)12-5-7(15)11-3-4-19-2/h6,8,14H,3-5H2,1-2H3,(H,11,15)(H,16,17)(H2,12,13,18)/t6-,8+/m1/s1. The number of methoxy groups -OCH3 is 1. The fourth-order valence-corrected chi connectivity index (χ4v) is 1.10.